The summed E-state index contributed by atoms with van der Waals surface area (Å²) in [6, 6.07) is 21.7. The van der Waals surface area contributed by atoms with Crippen LogP contribution in [0.4, 0.5) is 0 Å². The molecular weight excluding hydrogens is 259 g/mol. The van der Waals surface area contributed by atoms with Crippen molar-refractivity contribution in [3.8, 4) is 0 Å². The summed E-state index contributed by atoms with van der Waals surface area (Å²) >= 11 is 0. The van der Waals surface area contributed by atoms with Crippen molar-refractivity contribution in [2.45, 2.75) is 25.9 Å². The normalized spacial score (nSPS) is 11.1. The molecule has 0 spiro atoms. The van der Waals surface area contributed by atoms with Gasteiger partial charge in [-0.25, -0.2) is 0 Å². The molecular formula is C16H20ClP. The monoisotopic (exact) mass is 278 g/mol. The summed E-state index contributed by atoms with van der Waals surface area (Å²) in [5.74, 6) is 0. The minimum atomic E-state index is -0.292. The Bertz CT molecular complexity index is 420. The molecule has 0 saturated heterocycles. The summed E-state index contributed by atoms with van der Waals surface area (Å²) < 4.78 is 0. The van der Waals surface area contributed by atoms with Crippen LogP contribution in [-0.2, 0) is 0 Å². The molecule has 0 saturated carbocycles. The molecule has 2 aromatic rings. The van der Waals surface area contributed by atoms with Gasteiger partial charge < -0.3 is 0 Å². The van der Waals surface area contributed by atoms with Crippen LogP contribution in [0.5, 0.6) is 0 Å². The van der Waals surface area contributed by atoms with Gasteiger partial charge in [0.25, 0.3) is 0 Å². The van der Waals surface area contributed by atoms with Gasteiger partial charge >= 0.3 is 0 Å². The van der Waals surface area contributed by atoms with Crippen LogP contribution in [0, 0.1) is 0 Å². The highest BCUT2D eigenvalue weighted by atomic mass is 35.5. The van der Waals surface area contributed by atoms with Crippen molar-refractivity contribution < 1.29 is 0 Å². The number of hydrogen-bond donors (Lipinski definition) is 0. The van der Waals surface area contributed by atoms with Crippen molar-refractivity contribution in [3.05, 3.63) is 60.7 Å². The van der Waals surface area contributed by atoms with Crippen LogP contribution in [0.15, 0.2) is 60.7 Å². The lowest BCUT2D eigenvalue weighted by molar-refractivity contribution is 0.793. The van der Waals surface area contributed by atoms with Crippen LogP contribution in [0.1, 0.15) is 20.8 Å². The van der Waals surface area contributed by atoms with E-state index in [0.29, 0.717) is 0 Å². The van der Waals surface area contributed by atoms with Crippen molar-refractivity contribution in [2.24, 2.45) is 0 Å². The average molecular weight is 279 g/mol. The third-order valence-corrected chi connectivity index (χ3v) is 5.67. The van der Waals surface area contributed by atoms with Crippen molar-refractivity contribution in [3.63, 3.8) is 0 Å². The summed E-state index contributed by atoms with van der Waals surface area (Å²) in [6.07, 6.45) is 0. The van der Waals surface area contributed by atoms with E-state index in [1.165, 1.54) is 10.6 Å². The summed E-state index contributed by atoms with van der Waals surface area (Å²) in [6.45, 7) is 7.00. The van der Waals surface area contributed by atoms with Gasteiger partial charge in [-0.2, -0.15) is 0 Å². The van der Waals surface area contributed by atoms with E-state index in [9.17, 15) is 0 Å². The zero-order chi connectivity index (χ0) is 12.3. The fraction of sp³-hybridized carbons (Fsp3) is 0.250. The lowest BCUT2D eigenvalue weighted by Gasteiger charge is -2.32. The average Bonchev–Trinajstić information content (AvgIpc) is 2.30. The zero-order valence-electron chi connectivity index (χ0n) is 11.1. The molecule has 0 aliphatic carbocycles. The maximum Gasteiger partial charge on any atom is -0.00991 e. The SMILES string of the molecule is CC(C)(C)P(c1ccccc1)c1ccccc1.Cl. The van der Waals surface area contributed by atoms with Gasteiger partial charge in [-0.3, -0.25) is 0 Å². The second-order valence-electron chi connectivity index (χ2n) is 5.18. The Morgan fingerprint density at radius 1 is 0.667 bits per heavy atom. The first kappa shape index (κ1) is 15.2. The number of halogens is 1. The predicted octanol–water partition coefficient (Wildman–Crippen LogP) is 4.34. The van der Waals surface area contributed by atoms with E-state index in [-0.39, 0.29) is 25.5 Å². The van der Waals surface area contributed by atoms with Gasteiger partial charge in [0.2, 0.25) is 0 Å². The Morgan fingerprint density at radius 3 is 1.28 bits per heavy atom. The van der Waals surface area contributed by atoms with Crippen LogP contribution in [0.25, 0.3) is 0 Å². The van der Waals surface area contributed by atoms with E-state index in [4.69, 9.17) is 0 Å². The first-order valence-electron chi connectivity index (χ1n) is 5.99. The predicted molar refractivity (Wildman–Crippen MR) is 86.1 cm³/mol. The summed E-state index contributed by atoms with van der Waals surface area (Å²) in [7, 11) is -0.292. The topological polar surface area (TPSA) is 0 Å². The van der Waals surface area contributed by atoms with Gasteiger partial charge in [0, 0.05) is 0 Å². The standard InChI is InChI=1S/C16H19P.ClH/c1-16(2,3)17(14-10-6-4-7-11-14)15-12-8-5-9-13-15;/h4-13H,1-3H3;1H. The zero-order valence-corrected chi connectivity index (χ0v) is 12.8. The van der Waals surface area contributed by atoms with Crippen molar-refractivity contribution in [2.75, 3.05) is 0 Å². The van der Waals surface area contributed by atoms with Crippen LogP contribution in [0.3, 0.4) is 0 Å². The fourth-order valence-electron chi connectivity index (χ4n) is 2.08. The van der Waals surface area contributed by atoms with E-state index < -0.39 is 0 Å². The minimum absolute atomic E-state index is 0. The Morgan fingerprint density at radius 2 is 1.00 bits per heavy atom. The van der Waals surface area contributed by atoms with E-state index >= 15 is 0 Å². The molecule has 0 amide bonds. The van der Waals surface area contributed by atoms with Gasteiger partial charge in [0.15, 0.2) is 0 Å². The van der Waals surface area contributed by atoms with Crippen LogP contribution < -0.4 is 10.6 Å². The van der Waals surface area contributed by atoms with E-state index in [2.05, 4.69) is 81.4 Å². The van der Waals surface area contributed by atoms with Crippen molar-refractivity contribution >= 4 is 30.9 Å². The van der Waals surface area contributed by atoms with E-state index in [1.54, 1.807) is 0 Å². The highest BCUT2D eigenvalue weighted by molar-refractivity contribution is 7.74. The molecule has 18 heavy (non-hydrogen) atoms. The molecule has 0 radical (unpaired) electrons. The van der Waals surface area contributed by atoms with Crippen LogP contribution >= 0.6 is 20.3 Å². The maximum absolute atomic E-state index is 2.33. The third-order valence-electron chi connectivity index (χ3n) is 2.70. The molecule has 0 bridgehead atoms. The van der Waals surface area contributed by atoms with Gasteiger partial charge in [0.1, 0.15) is 0 Å². The van der Waals surface area contributed by atoms with Crippen LogP contribution in [0.2, 0.25) is 0 Å². The first-order chi connectivity index (χ1) is 8.09. The highest BCUT2D eigenvalue weighted by Crippen LogP contribution is 2.47. The molecule has 0 N–H and O–H groups in total. The fourth-order valence-corrected chi connectivity index (χ4v) is 4.87. The Kier molecular flexibility index (Phi) is 5.38. The molecule has 2 rings (SSSR count). The summed E-state index contributed by atoms with van der Waals surface area (Å²) in [4.78, 5) is 0. The number of benzene rings is 2. The molecule has 0 unspecified atom stereocenters. The molecule has 2 aromatic carbocycles. The summed E-state index contributed by atoms with van der Waals surface area (Å²) in [5.41, 5.74) is 0. The maximum atomic E-state index is 2.33. The van der Waals surface area contributed by atoms with Gasteiger partial charge in [-0.1, -0.05) is 81.4 Å². The lowest BCUT2D eigenvalue weighted by Crippen LogP contribution is -2.26. The van der Waals surface area contributed by atoms with Crippen molar-refractivity contribution in [1.29, 1.82) is 0 Å². The minimum Gasteiger partial charge on any atom is -0.147 e. The van der Waals surface area contributed by atoms with Gasteiger partial charge in [-0.15, -0.1) is 12.4 Å². The summed E-state index contributed by atoms with van der Waals surface area (Å²) in [5, 5.41) is 3.21. The lowest BCUT2D eigenvalue weighted by atomic mass is 10.3. The van der Waals surface area contributed by atoms with Crippen LogP contribution in [-0.4, -0.2) is 5.16 Å². The molecule has 0 aromatic heterocycles. The molecule has 0 nitrogen and oxygen atoms in total. The molecule has 0 atom stereocenters. The largest absolute Gasteiger partial charge is 0.147 e. The number of hydrogen-bond acceptors (Lipinski definition) is 0. The van der Waals surface area contributed by atoms with Gasteiger partial charge in [-0.05, 0) is 23.7 Å². The molecule has 0 aliphatic rings. The highest BCUT2D eigenvalue weighted by Gasteiger charge is 2.26. The van der Waals surface area contributed by atoms with E-state index in [1.807, 2.05) is 0 Å². The van der Waals surface area contributed by atoms with E-state index in [0.717, 1.165) is 0 Å². The second-order valence-corrected chi connectivity index (χ2v) is 8.22. The van der Waals surface area contributed by atoms with Gasteiger partial charge in [0.05, 0.1) is 0 Å². The Labute approximate surface area is 118 Å². The molecule has 0 fully saturated rings. The Balaban J connectivity index is 0.00000162. The quantitative estimate of drug-likeness (QED) is 0.717. The molecule has 0 aliphatic heterocycles. The molecule has 96 valence electrons. The number of rotatable bonds is 2. The first-order valence-corrected chi connectivity index (χ1v) is 7.33. The molecule has 0 heterocycles. The smallest absolute Gasteiger partial charge is 0.00991 e. The second kappa shape index (κ2) is 6.36. The van der Waals surface area contributed by atoms with Crippen molar-refractivity contribution in [1.82, 2.24) is 0 Å². The Hall–Kier alpha value is -0.840. The third kappa shape index (κ3) is 3.57. The molecule has 2 heteroatoms.